The van der Waals surface area contributed by atoms with Gasteiger partial charge >= 0.3 is 0 Å². The van der Waals surface area contributed by atoms with Crippen LogP contribution in [0.3, 0.4) is 0 Å². The minimum atomic E-state index is 0.226. The van der Waals surface area contributed by atoms with E-state index < -0.39 is 0 Å². The summed E-state index contributed by atoms with van der Waals surface area (Å²) in [5.74, 6) is 1.01. The Morgan fingerprint density at radius 2 is 2.00 bits per heavy atom. The van der Waals surface area contributed by atoms with E-state index in [4.69, 9.17) is 0 Å². The van der Waals surface area contributed by atoms with Crippen LogP contribution < -0.4 is 10.6 Å². The summed E-state index contributed by atoms with van der Waals surface area (Å²) in [6.45, 7) is 7.01. The highest BCUT2D eigenvalue weighted by molar-refractivity contribution is 5.78. The molecule has 2 saturated heterocycles. The fourth-order valence-electron chi connectivity index (χ4n) is 3.80. The van der Waals surface area contributed by atoms with Crippen molar-refractivity contribution in [1.82, 2.24) is 15.5 Å². The zero-order valence-corrected chi connectivity index (χ0v) is 13.7. The molecule has 0 saturated carbocycles. The zero-order valence-electron chi connectivity index (χ0n) is 13.7. The second-order valence-electron chi connectivity index (χ2n) is 6.68. The Bertz CT molecular complexity index is 302. The van der Waals surface area contributed by atoms with Gasteiger partial charge in [0.05, 0.1) is 6.54 Å². The highest BCUT2D eigenvalue weighted by atomic mass is 16.2. The Morgan fingerprint density at radius 3 is 2.76 bits per heavy atom. The number of nitrogens with zero attached hydrogens (tertiary/aromatic N) is 1. The molecule has 0 aromatic carbocycles. The summed E-state index contributed by atoms with van der Waals surface area (Å²) in [5.41, 5.74) is 0. The summed E-state index contributed by atoms with van der Waals surface area (Å²) in [6, 6.07) is 0.631. The monoisotopic (exact) mass is 295 g/mol. The molecule has 0 aliphatic carbocycles. The second-order valence-corrected chi connectivity index (χ2v) is 6.68. The SMILES string of the molecule is CCCCNC(=O)CN1CCCCCC1C1CCNCC1. The smallest absolute Gasteiger partial charge is 0.234 e. The van der Waals surface area contributed by atoms with Crippen LogP contribution in [0.15, 0.2) is 0 Å². The quantitative estimate of drug-likeness (QED) is 0.738. The molecule has 2 fully saturated rings. The predicted octanol–water partition coefficient (Wildman–Crippen LogP) is 2.15. The number of nitrogens with one attached hydrogen (secondary N) is 2. The highest BCUT2D eigenvalue weighted by Gasteiger charge is 2.30. The molecule has 0 bridgehead atoms. The van der Waals surface area contributed by atoms with Crippen molar-refractivity contribution in [3.05, 3.63) is 0 Å². The van der Waals surface area contributed by atoms with E-state index in [1.165, 1.54) is 38.5 Å². The minimum absolute atomic E-state index is 0.226. The fourth-order valence-corrected chi connectivity index (χ4v) is 3.80. The van der Waals surface area contributed by atoms with Crippen molar-refractivity contribution >= 4 is 5.91 Å². The number of amides is 1. The van der Waals surface area contributed by atoms with Crippen molar-refractivity contribution in [2.45, 2.75) is 64.3 Å². The number of hydrogen-bond donors (Lipinski definition) is 2. The number of piperidine rings is 1. The van der Waals surface area contributed by atoms with Crippen LogP contribution in [0.2, 0.25) is 0 Å². The van der Waals surface area contributed by atoms with Crippen molar-refractivity contribution < 1.29 is 4.79 Å². The Balaban J connectivity index is 1.87. The molecule has 0 aromatic rings. The van der Waals surface area contributed by atoms with Crippen LogP contribution in [-0.2, 0) is 4.79 Å². The molecule has 2 aliphatic heterocycles. The maximum Gasteiger partial charge on any atom is 0.234 e. The van der Waals surface area contributed by atoms with E-state index in [1.54, 1.807) is 0 Å². The molecule has 0 spiro atoms. The molecule has 1 atom stereocenters. The third kappa shape index (κ3) is 5.59. The lowest BCUT2D eigenvalue weighted by Crippen LogP contribution is -2.48. The Hall–Kier alpha value is -0.610. The van der Waals surface area contributed by atoms with Gasteiger partial charge in [-0.2, -0.15) is 0 Å². The lowest BCUT2D eigenvalue weighted by atomic mass is 9.87. The van der Waals surface area contributed by atoms with Gasteiger partial charge in [0.1, 0.15) is 0 Å². The van der Waals surface area contributed by atoms with Gasteiger partial charge in [0.2, 0.25) is 5.91 Å². The Kier molecular flexibility index (Phi) is 7.51. The van der Waals surface area contributed by atoms with Crippen LogP contribution in [0.1, 0.15) is 58.3 Å². The van der Waals surface area contributed by atoms with E-state index in [-0.39, 0.29) is 5.91 Å². The number of rotatable bonds is 6. The molecule has 122 valence electrons. The lowest BCUT2D eigenvalue weighted by Gasteiger charge is -2.37. The van der Waals surface area contributed by atoms with Gasteiger partial charge in [0.15, 0.2) is 0 Å². The summed E-state index contributed by atoms with van der Waals surface area (Å²) >= 11 is 0. The zero-order chi connectivity index (χ0) is 14.9. The molecule has 4 heteroatoms. The van der Waals surface area contributed by atoms with Crippen LogP contribution in [0.25, 0.3) is 0 Å². The molecule has 4 nitrogen and oxygen atoms in total. The third-order valence-electron chi connectivity index (χ3n) is 5.04. The molecule has 1 amide bonds. The van der Waals surface area contributed by atoms with E-state index in [0.29, 0.717) is 12.6 Å². The van der Waals surface area contributed by atoms with E-state index >= 15 is 0 Å². The van der Waals surface area contributed by atoms with E-state index in [9.17, 15) is 4.79 Å². The normalized spacial score (nSPS) is 25.5. The van der Waals surface area contributed by atoms with Crippen LogP contribution in [0.5, 0.6) is 0 Å². The van der Waals surface area contributed by atoms with Crippen molar-refractivity contribution in [2.24, 2.45) is 5.92 Å². The van der Waals surface area contributed by atoms with Crippen molar-refractivity contribution in [3.8, 4) is 0 Å². The average molecular weight is 295 g/mol. The first-order chi connectivity index (χ1) is 10.3. The first-order valence-electron chi connectivity index (χ1n) is 9.02. The number of hydrogen-bond acceptors (Lipinski definition) is 3. The summed E-state index contributed by atoms with van der Waals surface area (Å²) in [5, 5.41) is 6.54. The molecule has 2 aliphatic rings. The first kappa shape index (κ1) is 16.8. The van der Waals surface area contributed by atoms with E-state index in [1.807, 2.05) is 0 Å². The Labute approximate surface area is 130 Å². The van der Waals surface area contributed by atoms with Crippen molar-refractivity contribution in [1.29, 1.82) is 0 Å². The number of unbranched alkanes of at least 4 members (excludes halogenated alkanes) is 1. The molecule has 2 heterocycles. The van der Waals surface area contributed by atoms with Gasteiger partial charge in [0.25, 0.3) is 0 Å². The first-order valence-corrected chi connectivity index (χ1v) is 9.02. The van der Waals surface area contributed by atoms with Gasteiger partial charge in [-0.05, 0) is 57.7 Å². The average Bonchev–Trinajstić information content (AvgIpc) is 2.74. The molecule has 2 rings (SSSR count). The van der Waals surface area contributed by atoms with Gasteiger partial charge in [-0.15, -0.1) is 0 Å². The largest absolute Gasteiger partial charge is 0.355 e. The van der Waals surface area contributed by atoms with Crippen molar-refractivity contribution in [2.75, 3.05) is 32.7 Å². The highest BCUT2D eigenvalue weighted by Crippen LogP contribution is 2.28. The third-order valence-corrected chi connectivity index (χ3v) is 5.04. The van der Waals surface area contributed by atoms with Gasteiger partial charge < -0.3 is 10.6 Å². The fraction of sp³-hybridized carbons (Fsp3) is 0.941. The van der Waals surface area contributed by atoms with Crippen LogP contribution >= 0.6 is 0 Å². The molecule has 21 heavy (non-hydrogen) atoms. The van der Waals surface area contributed by atoms with Crippen LogP contribution in [-0.4, -0.2) is 49.6 Å². The summed E-state index contributed by atoms with van der Waals surface area (Å²) in [7, 11) is 0. The van der Waals surface area contributed by atoms with E-state index in [0.717, 1.165) is 44.9 Å². The maximum absolute atomic E-state index is 12.2. The number of carbonyl (C=O) groups is 1. The number of likely N-dealkylation sites (tertiary alicyclic amines) is 1. The molecule has 1 unspecified atom stereocenters. The van der Waals surface area contributed by atoms with Gasteiger partial charge in [-0.3, -0.25) is 9.69 Å². The van der Waals surface area contributed by atoms with Gasteiger partial charge in [0, 0.05) is 12.6 Å². The van der Waals surface area contributed by atoms with Crippen LogP contribution in [0, 0.1) is 5.92 Å². The molecule has 0 aromatic heterocycles. The second kappa shape index (κ2) is 9.42. The Morgan fingerprint density at radius 1 is 1.19 bits per heavy atom. The molecular formula is C17H33N3O. The predicted molar refractivity (Wildman–Crippen MR) is 87.3 cm³/mol. The van der Waals surface area contributed by atoms with Crippen LogP contribution in [0.4, 0.5) is 0 Å². The maximum atomic E-state index is 12.2. The van der Waals surface area contributed by atoms with E-state index in [2.05, 4.69) is 22.5 Å². The number of carbonyl (C=O) groups excluding carboxylic acids is 1. The molecular weight excluding hydrogens is 262 g/mol. The summed E-state index contributed by atoms with van der Waals surface area (Å²) in [6.07, 6.45) is 9.98. The molecule has 0 radical (unpaired) electrons. The standard InChI is InChI=1S/C17H33N3O/c1-2-3-10-19-17(21)14-20-13-6-4-5-7-16(20)15-8-11-18-12-9-15/h15-16,18H,2-14H2,1H3,(H,19,21). The minimum Gasteiger partial charge on any atom is -0.355 e. The summed E-state index contributed by atoms with van der Waals surface area (Å²) < 4.78 is 0. The van der Waals surface area contributed by atoms with Gasteiger partial charge in [-0.25, -0.2) is 0 Å². The van der Waals surface area contributed by atoms with Gasteiger partial charge in [-0.1, -0.05) is 26.2 Å². The lowest BCUT2D eigenvalue weighted by molar-refractivity contribution is -0.123. The topological polar surface area (TPSA) is 44.4 Å². The molecule has 2 N–H and O–H groups in total. The van der Waals surface area contributed by atoms with Crippen molar-refractivity contribution in [3.63, 3.8) is 0 Å². The summed E-state index contributed by atoms with van der Waals surface area (Å²) in [4.78, 5) is 14.7.